The average molecular weight is 813 g/mol. The molecule has 2 aromatic carbocycles. The minimum atomic E-state index is -0.494. The Morgan fingerprint density at radius 2 is 1.30 bits per heavy atom. The number of nitriles is 1. The van der Waals surface area contributed by atoms with Crippen LogP contribution in [0, 0.1) is 11.3 Å². The average Bonchev–Trinajstić information content (AvgIpc) is 3.90. The number of likely N-dealkylation sites (tertiary alicyclic amines) is 1. The highest BCUT2D eigenvalue weighted by Crippen LogP contribution is 2.43. The molecule has 2 aliphatic heterocycles. The summed E-state index contributed by atoms with van der Waals surface area (Å²) in [5, 5.41) is 15.2. The molecule has 7 rings (SSSR count). The highest BCUT2D eigenvalue weighted by Gasteiger charge is 2.30. The van der Waals surface area contributed by atoms with Crippen LogP contribution < -0.4 is 5.73 Å². The number of carbonyl (C=O) groups is 3. The van der Waals surface area contributed by atoms with Crippen LogP contribution in [0.25, 0.3) is 33.1 Å². The fourth-order valence-electron chi connectivity index (χ4n) is 5.74. The molecule has 2 N–H and O–H groups in total. The highest BCUT2D eigenvalue weighted by atomic mass is 32.1. The van der Waals surface area contributed by atoms with Crippen LogP contribution >= 0.6 is 34.0 Å². The number of thiazole rings is 2. The van der Waals surface area contributed by atoms with Crippen LogP contribution in [-0.4, -0.2) is 68.6 Å². The second kappa shape index (κ2) is 18.7. The van der Waals surface area contributed by atoms with E-state index in [4.69, 9.17) is 25.5 Å². The third-order valence-electron chi connectivity index (χ3n) is 8.35. The lowest BCUT2D eigenvalue weighted by Gasteiger charge is -2.30. The van der Waals surface area contributed by atoms with Gasteiger partial charge in [0.2, 0.25) is 0 Å². The molecule has 0 radical (unpaired) electrons. The maximum absolute atomic E-state index is 12.4. The lowest BCUT2D eigenvalue weighted by molar-refractivity contribution is -0.121. The molecule has 0 atom stereocenters. The van der Waals surface area contributed by atoms with Crippen molar-refractivity contribution < 1.29 is 23.9 Å². The molecule has 2 amide bonds. The van der Waals surface area contributed by atoms with Crippen molar-refractivity contribution in [3.63, 3.8) is 0 Å². The monoisotopic (exact) mass is 812 g/mol. The fraction of sp³-hybridized carbons (Fsp3) is 0.381. The summed E-state index contributed by atoms with van der Waals surface area (Å²) < 4.78 is 10.7. The summed E-state index contributed by atoms with van der Waals surface area (Å²) in [6.45, 7) is 13.3. The van der Waals surface area contributed by atoms with E-state index in [1.54, 1.807) is 32.5 Å². The van der Waals surface area contributed by atoms with Gasteiger partial charge in [-0.3, -0.25) is 4.79 Å². The lowest BCUT2D eigenvalue weighted by atomic mass is 10.0. The second-order valence-electron chi connectivity index (χ2n) is 15.1. The highest BCUT2D eigenvalue weighted by molar-refractivity contribution is 7.18. The van der Waals surface area contributed by atoms with Gasteiger partial charge in [-0.1, -0.05) is 60.7 Å². The van der Waals surface area contributed by atoms with Crippen molar-refractivity contribution in [3.05, 3.63) is 86.9 Å². The first-order valence-electron chi connectivity index (χ1n) is 18.4. The molecule has 294 valence electrons. The molecule has 1 fully saturated rings. The summed E-state index contributed by atoms with van der Waals surface area (Å²) in [6, 6.07) is 22.2. The zero-order valence-electron chi connectivity index (χ0n) is 32.7. The van der Waals surface area contributed by atoms with Gasteiger partial charge in [0.1, 0.15) is 27.0 Å². The molecule has 11 nitrogen and oxygen atoms in total. The maximum Gasteiger partial charge on any atom is 0.410 e. The Kier molecular flexibility index (Phi) is 14.0. The SMILES string of the molecule is CC(C)(C)OC(=O)N1CCC(=O)CC1.CC(C)(C)OC(=O)N1CCc2c(sc(N)c2-c2nc(-c3ccccc3)cs2)C1.N#CCc1nc(-c2ccccc2)cs1. The summed E-state index contributed by atoms with van der Waals surface area (Å²) in [4.78, 5) is 48.5. The summed E-state index contributed by atoms with van der Waals surface area (Å²) in [6.07, 6.45) is 1.49. The molecule has 14 heteroatoms. The Bertz CT molecular complexity index is 2130. The van der Waals surface area contributed by atoms with E-state index < -0.39 is 11.2 Å². The molecule has 3 aromatic heterocycles. The molecule has 56 heavy (non-hydrogen) atoms. The number of anilines is 1. The Labute approximate surface area is 340 Å². The number of ether oxygens (including phenoxy) is 2. The minimum absolute atomic E-state index is 0.227. The first kappa shape index (κ1) is 42.1. The van der Waals surface area contributed by atoms with E-state index in [9.17, 15) is 14.4 Å². The van der Waals surface area contributed by atoms with Crippen LogP contribution in [0.3, 0.4) is 0 Å². The number of thiophene rings is 1. The predicted octanol–water partition coefficient (Wildman–Crippen LogP) is 9.88. The van der Waals surface area contributed by atoms with E-state index in [0.29, 0.717) is 45.4 Å². The number of hydrogen-bond acceptors (Lipinski definition) is 12. The van der Waals surface area contributed by atoms with E-state index in [2.05, 4.69) is 28.6 Å². The summed E-state index contributed by atoms with van der Waals surface area (Å²) in [7, 11) is 0. The number of ketones is 1. The molecule has 0 spiro atoms. The van der Waals surface area contributed by atoms with Crippen LogP contribution in [0.4, 0.5) is 14.6 Å². The quantitative estimate of drug-likeness (QED) is 0.187. The van der Waals surface area contributed by atoms with Gasteiger partial charge in [0.25, 0.3) is 0 Å². The molecule has 2 aliphatic rings. The predicted molar refractivity (Wildman–Crippen MR) is 225 cm³/mol. The maximum atomic E-state index is 12.4. The van der Waals surface area contributed by atoms with E-state index in [0.717, 1.165) is 54.4 Å². The number of nitrogens with zero attached hydrogens (tertiary/aromatic N) is 5. The van der Waals surface area contributed by atoms with Crippen molar-refractivity contribution in [1.82, 2.24) is 19.8 Å². The van der Waals surface area contributed by atoms with Gasteiger partial charge >= 0.3 is 12.2 Å². The smallest absolute Gasteiger partial charge is 0.410 e. The van der Waals surface area contributed by atoms with Crippen LogP contribution in [0.2, 0.25) is 0 Å². The molecular weight excluding hydrogens is 765 g/mol. The Morgan fingerprint density at radius 1 is 0.786 bits per heavy atom. The number of aromatic nitrogens is 2. The van der Waals surface area contributed by atoms with Gasteiger partial charge in [0, 0.05) is 64.8 Å². The Morgan fingerprint density at radius 3 is 1.86 bits per heavy atom. The first-order chi connectivity index (χ1) is 26.6. The Balaban J connectivity index is 0.000000180. The second-order valence-corrected chi connectivity index (χ2v) is 18.1. The van der Waals surface area contributed by atoms with Crippen molar-refractivity contribution in [1.29, 1.82) is 5.26 Å². The van der Waals surface area contributed by atoms with E-state index in [1.165, 1.54) is 16.9 Å². The molecule has 0 bridgehead atoms. The van der Waals surface area contributed by atoms with Gasteiger partial charge in [-0.2, -0.15) is 5.26 Å². The number of rotatable bonds is 4. The number of Topliss-reactive ketones (excluding diaryl/α,β-unsaturated/α-hetero) is 1. The largest absolute Gasteiger partial charge is 0.444 e. The number of nitrogens with two attached hydrogens (primary N) is 1. The summed E-state index contributed by atoms with van der Waals surface area (Å²) in [5.41, 5.74) is 11.8. The van der Waals surface area contributed by atoms with Crippen LogP contribution in [-0.2, 0) is 33.7 Å². The molecule has 0 saturated carbocycles. The van der Waals surface area contributed by atoms with Gasteiger partial charge in [-0.15, -0.1) is 34.0 Å². The van der Waals surface area contributed by atoms with Crippen LogP contribution in [0.15, 0.2) is 71.4 Å². The topological polar surface area (TPSA) is 152 Å². The number of piperidine rings is 1. The number of carbonyl (C=O) groups excluding carboxylic acids is 3. The molecule has 1 saturated heterocycles. The third-order valence-corrected chi connectivity index (χ3v) is 11.1. The van der Waals surface area contributed by atoms with E-state index in [1.807, 2.05) is 95.5 Å². The molecule has 5 heterocycles. The molecular formula is C42H48N6O5S3. The number of benzene rings is 2. The zero-order chi connectivity index (χ0) is 40.5. The van der Waals surface area contributed by atoms with Crippen molar-refractivity contribution in [2.24, 2.45) is 0 Å². The first-order valence-corrected chi connectivity index (χ1v) is 20.9. The number of hydrogen-bond donors (Lipinski definition) is 1. The van der Waals surface area contributed by atoms with E-state index >= 15 is 0 Å². The van der Waals surface area contributed by atoms with E-state index in [-0.39, 0.29) is 18.0 Å². The van der Waals surface area contributed by atoms with Crippen LogP contribution in [0.5, 0.6) is 0 Å². The van der Waals surface area contributed by atoms with Crippen molar-refractivity contribution in [2.45, 2.75) is 85.0 Å². The van der Waals surface area contributed by atoms with Gasteiger partial charge < -0.3 is 25.0 Å². The standard InChI is InChI=1S/C21H23N3O2S2.C11H8N2S.C10H17NO3/c1-21(2,3)26-20(25)24-10-9-14-16(11-24)28-18(22)17(14)19-23-15(12-27-19)13-7-5-4-6-8-13;12-7-6-11-13-10(8-14-11)9-4-2-1-3-5-9;1-10(2,3)14-9(13)11-6-4-8(12)5-7-11/h4-8,12H,9-11,22H2,1-3H3;1-5,8H,6H2;4-7H2,1-3H3. The van der Waals surface area contributed by atoms with Gasteiger partial charge in [0.05, 0.1) is 35.4 Å². The number of amides is 2. The van der Waals surface area contributed by atoms with Crippen molar-refractivity contribution in [3.8, 4) is 39.2 Å². The Hall–Kier alpha value is -5.10. The summed E-state index contributed by atoms with van der Waals surface area (Å²) >= 11 is 4.70. The summed E-state index contributed by atoms with van der Waals surface area (Å²) in [5.74, 6) is 0.227. The molecule has 0 unspecified atom stereocenters. The number of fused-ring (bicyclic) bond motifs is 1. The molecule has 5 aromatic rings. The number of nitrogen functional groups attached to an aromatic ring is 1. The van der Waals surface area contributed by atoms with Crippen molar-refractivity contribution in [2.75, 3.05) is 25.4 Å². The minimum Gasteiger partial charge on any atom is -0.444 e. The van der Waals surface area contributed by atoms with Crippen molar-refractivity contribution >= 4 is 57.0 Å². The zero-order valence-corrected chi connectivity index (χ0v) is 35.1. The normalized spacial score (nSPS) is 14.0. The van der Waals surface area contributed by atoms with Gasteiger partial charge in [0.15, 0.2) is 0 Å². The van der Waals surface area contributed by atoms with Crippen LogP contribution in [0.1, 0.15) is 69.8 Å². The fourth-order valence-corrected chi connectivity index (χ4v) is 8.59. The third kappa shape index (κ3) is 11.9. The van der Waals surface area contributed by atoms with Gasteiger partial charge in [-0.25, -0.2) is 19.6 Å². The lowest BCUT2D eigenvalue weighted by Crippen LogP contribution is -2.41. The van der Waals surface area contributed by atoms with Gasteiger partial charge in [-0.05, 0) is 53.5 Å². The molecule has 0 aliphatic carbocycles.